The summed E-state index contributed by atoms with van der Waals surface area (Å²) in [6, 6.07) is 3.96. The molecule has 2 aromatic heterocycles. The number of oxazole rings is 1. The zero-order chi connectivity index (χ0) is 20.6. The molecule has 0 aliphatic heterocycles. The van der Waals surface area contributed by atoms with Crippen LogP contribution in [0.15, 0.2) is 36.7 Å². The van der Waals surface area contributed by atoms with Crippen LogP contribution in [0.3, 0.4) is 0 Å². The molecule has 9 nitrogen and oxygen atoms in total. The molecule has 0 atom stereocenters. The van der Waals surface area contributed by atoms with Crippen molar-refractivity contribution in [1.82, 2.24) is 9.29 Å². The molecule has 2 heterocycles. The van der Waals surface area contributed by atoms with Crippen LogP contribution in [-0.2, 0) is 34.8 Å². The second kappa shape index (κ2) is 7.46. The number of hydrogen-bond donors (Lipinski definition) is 1. The van der Waals surface area contributed by atoms with E-state index in [2.05, 4.69) is 9.46 Å². The van der Waals surface area contributed by atoms with Gasteiger partial charge in [0.2, 0.25) is 15.8 Å². The fraction of sp³-hybridized carbons (Fsp3) is 0.294. The number of carbonyl (C=O) groups excluding carboxylic acids is 1. The van der Waals surface area contributed by atoms with Gasteiger partial charge in [0.1, 0.15) is 10.7 Å². The summed E-state index contributed by atoms with van der Waals surface area (Å²) in [5.41, 5.74) is 0.970. The number of hydrogen-bond acceptors (Lipinski definition) is 7. The molecular formula is C17H17ClN2O7S. The van der Waals surface area contributed by atoms with Gasteiger partial charge in [-0.15, -0.1) is 0 Å². The highest BCUT2D eigenvalue weighted by atomic mass is 35.5. The third kappa shape index (κ3) is 3.58. The maximum absolute atomic E-state index is 12.7. The Bertz CT molecular complexity index is 1220. The molecule has 3 aromatic rings. The Morgan fingerprint density at radius 3 is 2.64 bits per heavy atom. The van der Waals surface area contributed by atoms with E-state index in [-0.39, 0.29) is 27.8 Å². The predicted octanol–water partition coefficient (Wildman–Crippen LogP) is 2.21. The minimum Gasteiger partial charge on any atom is -0.463 e. The van der Waals surface area contributed by atoms with Gasteiger partial charge in [-0.05, 0) is 12.1 Å². The maximum Gasteiger partial charge on any atom is 0.419 e. The zero-order valence-corrected chi connectivity index (χ0v) is 16.8. The van der Waals surface area contributed by atoms with E-state index in [0.29, 0.717) is 23.3 Å². The summed E-state index contributed by atoms with van der Waals surface area (Å²) in [6.45, 7) is 1.68. The van der Waals surface area contributed by atoms with E-state index in [9.17, 15) is 18.0 Å². The van der Waals surface area contributed by atoms with Crippen LogP contribution in [0.2, 0.25) is 5.02 Å². The highest BCUT2D eigenvalue weighted by molar-refractivity contribution is 7.89. The van der Waals surface area contributed by atoms with Gasteiger partial charge in [0.15, 0.2) is 5.58 Å². The lowest BCUT2D eigenvalue weighted by Crippen LogP contribution is -2.23. The third-order valence-corrected chi connectivity index (χ3v) is 6.06. The number of aryl methyl sites for hydroxylation is 2. The first-order valence-electron chi connectivity index (χ1n) is 8.16. The Balaban J connectivity index is 1.92. The van der Waals surface area contributed by atoms with Gasteiger partial charge in [-0.25, -0.2) is 22.7 Å². The third-order valence-electron chi connectivity index (χ3n) is 4.19. The largest absolute Gasteiger partial charge is 0.463 e. The summed E-state index contributed by atoms with van der Waals surface area (Å²) in [6.07, 6.45) is 0.454. The van der Waals surface area contributed by atoms with Crippen molar-refractivity contribution in [2.24, 2.45) is 7.05 Å². The monoisotopic (exact) mass is 428 g/mol. The Kier molecular flexibility index (Phi) is 5.37. The zero-order valence-electron chi connectivity index (χ0n) is 15.2. The molecule has 0 aliphatic rings. The number of nitrogens with zero attached hydrogens (tertiary/aromatic N) is 1. The Morgan fingerprint density at radius 1 is 1.29 bits per heavy atom. The predicted molar refractivity (Wildman–Crippen MR) is 99.9 cm³/mol. The minimum atomic E-state index is -4.04. The maximum atomic E-state index is 12.7. The van der Waals surface area contributed by atoms with Crippen molar-refractivity contribution >= 4 is 38.7 Å². The van der Waals surface area contributed by atoms with Crippen molar-refractivity contribution in [3.8, 4) is 0 Å². The number of carbonyl (C=O) groups is 1. The Labute approximate surface area is 164 Å². The second-order valence-electron chi connectivity index (χ2n) is 5.91. The average molecular weight is 429 g/mol. The molecule has 1 aromatic carbocycles. The van der Waals surface area contributed by atoms with Crippen molar-refractivity contribution in [1.29, 1.82) is 0 Å². The highest BCUT2D eigenvalue weighted by Gasteiger charge is 2.23. The van der Waals surface area contributed by atoms with Crippen LogP contribution in [0.1, 0.15) is 28.8 Å². The second-order valence-corrected chi connectivity index (χ2v) is 8.05. The first-order chi connectivity index (χ1) is 13.2. The minimum absolute atomic E-state index is 0.0148. The van der Waals surface area contributed by atoms with Crippen molar-refractivity contribution in [3.63, 3.8) is 0 Å². The number of ether oxygens (including phenoxy) is 1. The summed E-state index contributed by atoms with van der Waals surface area (Å²) >= 11 is 6.12. The molecule has 0 bridgehead atoms. The van der Waals surface area contributed by atoms with Gasteiger partial charge in [0, 0.05) is 31.6 Å². The molecule has 3 rings (SSSR count). The van der Waals surface area contributed by atoms with Gasteiger partial charge in [-0.2, -0.15) is 0 Å². The van der Waals surface area contributed by atoms with Crippen LogP contribution in [0, 0.1) is 0 Å². The molecule has 0 fully saturated rings. The van der Waals surface area contributed by atoms with Crippen LogP contribution in [0.5, 0.6) is 0 Å². The summed E-state index contributed by atoms with van der Waals surface area (Å²) < 4.78 is 44.1. The van der Waals surface area contributed by atoms with Gasteiger partial charge in [0.25, 0.3) is 0 Å². The van der Waals surface area contributed by atoms with Crippen molar-refractivity contribution in [2.45, 2.75) is 24.8 Å². The van der Waals surface area contributed by atoms with Gasteiger partial charge in [0.05, 0.1) is 17.6 Å². The summed E-state index contributed by atoms with van der Waals surface area (Å²) in [7, 11) is -1.33. The SMILES string of the molecule is CCc1oc(C(=O)OC)cc1CNS(=O)(=O)c1cc2oc(=O)n(C)c2cc1Cl. The molecule has 0 saturated heterocycles. The van der Waals surface area contributed by atoms with Gasteiger partial charge >= 0.3 is 11.7 Å². The Hall–Kier alpha value is -2.56. The number of methoxy groups -OCH3 is 1. The van der Waals surface area contributed by atoms with Crippen molar-refractivity contribution in [2.75, 3.05) is 7.11 Å². The molecule has 1 N–H and O–H groups in total. The van der Waals surface area contributed by atoms with E-state index in [4.69, 9.17) is 20.4 Å². The van der Waals surface area contributed by atoms with Gasteiger partial charge in [-0.1, -0.05) is 18.5 Å². The lowest BCUT2D eigenvalue weighted by Gasteiger charge is -2.08. The van der Waals surface area contributed by atoms with Crippen LogP contribution in [0.4, 0.5) is 0 Å². The quantitative estimate of drug-likeness (QED) is 0.597. The molecule has 0 radical (unpaired) electrons. The number of nitrogens with one attached hydrogen (secondary N) is 1. The molecule has 0 unspecified atom stereocenters. The lowest BCUT2D eigenvalue weighted by atomic mass is 10.2. The van der Waals surface area contributed by atoms with E-state index in [1.165, 1.54) is 36.9 Å². The topological polar surface area (TPSA) is 121 Å². The molecule has 0 saturated carbocycles. The number of esters is 1. The van der Waals surface area contributed by atoms with Gasteiger partial charge in [-0.3, -0.25) is 4.57 Å². The molecule has 28 heavy (non-hydrogen) atoms. The fourth-order valence-corrected chi connectivity index (χ4v) is 4.24. The fourth-order valence-electron chi connectivity index (χ4n) is 2.70. The van der Waals surface area contributed by atoms with E-state index >= 15 is 0 Å². The molecular weight excluding hydrogens is 412 g/mol. The summed E-state index contributed by atoms with van der Waals surface area (Å²) in [5.74, 6) is -0.843. The number of halogens is 1. The van der Waals surface area contributed by atoms with Crippen molar-refractivity contribution < 1.29 is 26.8 Å². The summed E-state index contributed by atoms with van der Waals surface area (Å²) in [5, 5.41) is -0.0606. The van der Waals surface area contributed by atoms with E-state index < -0.39 is 21.7 Å². The van der Waals surface area contributed by atoms with Crippen LogP contribution < -0.4 is 10.5 Å². The van der Waals surface area contributed by atoms with Crippen molar-refractivity contribution in [3.05, 3.63) is 50.9 Å². The van der Waals surface area contributed by atoms with Crippen LogP contribution in [0.25, 0.3) is 11.1 Å². The van der Waals surface area contributed by atoms with Crippen LogP contribution >= 0.6 is 11.6 Å². The Morgan fingerprint density at radius 2 is 2.00 bits per heavy atom. The normalized spacial score (nSPS) is 11.9. The standard InChI is InChI=1S/C17H17ClN2O7S/c1-4-12-9(5-14(26-12)16(21)25-3)8-19-28(23,24)15-7-13-11(6-10(15)18)20(2)17(22)27-13/h5-7,19H,4,8H2,1-3H3. The van der Waals surface area contributed by atoms with E-state index in [0.717, 1.165) is 0 Å². The lowest BCUT2D eigenvalue weighted by molar-refractivity contribution is 0.0563. The first-order valence-corrected chi connectivity index (χ1v) is 10.0. The number of benzene rings is 1. The molecule has 150 valence electrons. The molecule has 0 aliphatic carbocycles. The average Bonchev–Trinajstić information content (AvgIpc) is 3.20. The smallest absolute Gasteiger partial charge is 0.419 e. The van der Waals surface area contributed by atoms with E-state index in [1.54, 1.807) is 6.92 Å². The van der Waals surface area contributed by atoms with E-state index in [1.807, 2.05) is 0 Å². The molecule has 11 heteroatoms. The number of aromatic nitrogens is 1. The summed E-state index contributed by atoms with van der Waals surface area (Å²) in [4.78, 5) is 23.0. The molecule has 0 spiro atoms. The first kappa shape index (κ1) is 20.2. The number of rotatable bonds is 6. The highest BCUT2D eigenvalue weighted by Crippen LogP contribution is 2.27. The number of furan rings is 1. The number of sulfonamides is 1. The number of fused-ring (bicyclic) bond motifs is 1. The van der Waals surface area contributed by atoms with Crippen LogP contribution in [-0.4, -0.2) is 26.1 Å². The van der Waals surface area contributed by atoms with Gasteiger partial charge < -0.3 is 13.6 Å². The molecule has 0 amide bonds.